The van der Waals surface area contributed by atoms with Gasteiger partial charge in [0.1, 0.15) is 11.4 Å². The van der Waals surface area contributed by atoms with Crippen molar-refractivity contribution in [2.75, 3.05) is 5.75 Å². The minimum atomic E-state index is -0.0594. The zero-order valence-electron chi connectivity index (χ0n) is 10.5. The molecule has 0 bridgehead atoms. The number of halogens is 1. The molecule has 1 saturated heterocycles. The maximum Gasteiger partial charge on any atom is 0.126 e. The SMILES string of the molecule is CC1SCCCC12C[C@@H](N)c1ccc(Br)cc1O2. The van der Waals surface area contributed by atoms with E-state index in [1.165, 1.54) is 12.2 Å². The highest BCUT2D eigenvalue weighted by molar-refractivity contribution is 9.10. The Labute approximate surface area is 121 Å². The predicted octanol–water partition coefficient (Wildman–Crippen LogP) is 3.89. The summed E-state index contributed by atoms with van der Waals surface area (Å²) >= 11 is 5.52. The van der Waals surface area contributed by atoms with Gasteiger partial charge in [0.25, 0.3) is 0 Å². The van der Waals surface area contributed by atoms with Crippen molar-refractivity contribution in [3.05, 3.63) is 28.2 Å². The van der Waals surface area contributed by atoms with Crippen LogP contribution in [0.5, 0.6) is 5.75 Å². The molecule has 3 atom stereocenters. The standard InChI is InChI=1S/C14H18BrNOS/c1-9-14(5-2-6-18-9)8-12(16)11-4-3-10(15)7-13(11)17-14/h3-4,7,9,12H,2,5-6,8,16H2,1H3/t9?,12-,14?/m1/s1. The molecule has 2 unspecified atom stereocenters. The first-order valence-electron chi connectivity index (χ1n) is 6.46. The van der Waals surface area contributed by atoms with Gasteiger partial charge in [-0.15, -0.1) is 0 Å². The topological polar surface area (TPSA) is 35.2 Å². The number of thioether (sulfide) groups is 1. The first-order chi connectivity index (χ1) is 8.61. The summed E-state index contributed by atoms with van der Waals surface area (Å²) in [6, 6.07) is 6.28. The Balaban J connectivity index is 1.99. The lowest BCUT2D eigenvalue weighted by molar-refractivity contribution is 0.0255. The smallest absolute Gasteiger partial charge is 0.126 e. The summed E-state index contributed by atoms with van der Waals surface area (Å²) in [5.74, 6) is 2.21. The van der Waals surface area contributed by atoms with Crippen LogP contribution in [0.1, 0.15) is 37.8 Å². The van der Waals surface area contributed by atoms with Crippen LogP contribution in [0, 0.1) is 0 Å². The van der Waals surface area contributed by atoms with E-state index in [4.69, 9.17) is 10.5 Å². The van der Waals surface area contributed by atoms with Crippen LogP contribution in [0.4, 0.5) is 0 Å². The maximum atomic E-state index is 6.39. The molecule has 4 heteroatoms. The summed E-state index contributed by atoms with van der Waals surface area (Å²) in [5, 5.41) is 0.518. The Morgan fingerprint density at radius 2 is 2.33 bits per heavy atom. The van der Waals surface area contributed by atoms with Crippen molar-refractivity contribution in [3.63, 3.8) is 0 Å². The minimum Gasteiger partial charge on any atom is -0.486 e. The fourth-order valence-corrected chi connectivity index (χ4v) is 4.61. The summed E-state index contributed by atoms with van der Waals surface area (Å²) in [5.41, 5.74) is 7.45. The molecule has 2 aliphatic rings. The molecule has 98 valence electrons. The highest BCUT2D eigenvalue weighted by Crippen LogP contribution is 2.48. The van der Waals surface area contributed by atoms with Gasteiger partial charge in [0.15, 0.2) is 0 Å². The quantitative estimate of drug-likeness (QED) is 0.785. The Morgan fingerprint density at radius 3 is 3.11 bits per heavy atom. The summed E-state index contributed by atoms with van der Waals surface area (Å²) in [6.07, 6.45) is 3.29. The van der Waals surface area contributed by atoms with Crippen LogP contribution in [0.2, 0.25) is 0 Å². The molecule has 2 heterocycles. The molecular weight excluding hydrogens is 310 g/mol. The third-order valence-electron chi connectivity index (χ3n) is 4.11. The molecule has 2 nitrogen and oxygen atoms in total. The van der Waals surface area contributed by atoms with Crippen molar-refractivity contribution in [2.24, 2.45) is 5.73 Å². The van der Waals surface area contributed by atoms with Crippen LogP contribution >= 0.6 is 27.7 Å². The first-order valence-corrected chi connectivity index (χ1v) is 8.30. The van der Waals surface area contributed by atoms with E-state index in [9.17, 15) is 0 Å². The lowest BCUT2D eigenvalue weighted by Crippen LogP contribution is -2.51. The average Bonchev–Trinajstić information content (AvgIpc) is 2.32. The predicted molar refractivity (Wildman–Crippen MR) is 80.2 cm³/mol. The van der Waals surface area contributed by atoms with Crippen molar-refractivity contribution in [2.45, 2.75) is 43.1 Å². The summed E-state index contributed by atoms with van der Waals surface area (Å²) in [7, 11) is 0. The first kappa shape index (κ1) is 12.8. The summed E-state index contributed by atoms with van der Waals surface area (Å²) in [4.78, 5) is 0. The Morgan fingerprint density at radius 1 is 1.50 bits per heavy atom. The zero-order valence-corrected chi connectivity index (χ0v) is 12.9. The van der Waals surface area contributed by atoms with E-state index in [0.717, 1.165) is 28.6 Å². The van der Waals surface area contributed by atoms with E-state index in [1.807, 2.05) is 17.8 Å². The van der Waals surface area contributed by atoms with Crippen LogP contribution in [0.25, 0.3) is 0 Å². The van der Waals surface area contributed by atoms with Gasteiger partial charge in [-0.3, -0.25) is 0 Å². The third kappa shape index (κ3) is 2.08. The van der Waals surface area contributed by atoms with E-state index in [0.29, 0.717) is 5.25 Å². The Bertz CT molecular complexity index is 467. The third-order valence-corrected chi connectivity index (χ3v) is 6.05. The fraction of sp³-hybridized carbons (Fsp3) is 0.571. The zero-order chi connectivity index (χ0) is 12.8. The van der Waals surface area contributed by atoms with Gasteiger partial charge in [-0.05, 0) is 37.7 Å². The Hall–Kier alpha value is -0.190. The second-order valence-corrected chi connectivity index (χ2v) is 7.64. The highest BCUT2D eigenvalue weighted by atomic mass is 79.9. The van der Waals surface area contributed by atoms with Crippen LogP contribution < -0.4 is 10.5 Å². The molecule has 0 aliphatic carbocycles. The average molecular weight is 328 g/mol. The van der Waals surface area contributed by atoms with Gasteiger partial charge >= 0.3 is 0 Å². The molecule has 2 N–H and O–H groups in total. The number of nitrogens with two attached hydrogens (primary N) is 1. The lowest BCUT2D eigenvalue weighted by Gasteiger charge is -2.47. The normalized spacial score (nSPS) is 35.1. The molecular formula is C14H18BrNOS. The number of hydrogen-bond acceptors (Lipinski definition) is 3. The molecule has 1 spiro atoms. The monoisotopic (exact) mass is 327 g/mol. The largest absolute Gasteiger partial charge is 0.486 e. The second-order valence-electron chi connectivity index (χ2n) is 5.28. The number of ether oxygens (including phenoxy) is 1. The molecule has 0 aromatic heterocycles. The lowest BCUT2D eigenvalue weighted by atomic mass is 9.82. The molecule has 18 heavy (non-hydrogen) atoms. The van der Waals surface area contributed by atoms with Gasteiger partial charge in [-0.1, -0.05) is 22.0 Å². The number of benzene rings is 1. The highest BCUT2D eigenvalue weighted by Gasteiger charge is 2.45. The summed E-state index contributed by atoms with van der Waals surface area (Å²) in [6.45, 7) is 2.28. The molecule has 1 aromatic rings. The van der Waals surface area contributed by atoms with Gasteiger partial charge in [0.05, 0.1) is 0 Å². The van der Waals surface area contributed by atoms with E-state index < -0.39 is 0 Å². The van der Waals surface area contributed by atoms with Gasteiger partial charge in [-0.2, -0.15) is 11.8 Å². The number of fused-ring (bicyclic) bond motifs is 1. The van der Waals surface area contributed by atoms with Gasteiger partial charge in [0.2, 0.25) is 0 Å². The van der Waals surface area contributed by atoms with Crippen molar-refractivity contribution >= 4 is 27.7 Å². The summed E-state index contributed by atoms with van der Waals surface area (Å²) < 4.78 is 7.45. The van der Waals surface area contributed by atoms with Crippen LogP contribution in [0.15, 0.2) is 22.7 Å². The van der Waals surface area contributed by atoms with Gasteiger partial charge in [-0.25, -0.2) is 0 Å². The van der Waals surface area contributed by atoms with E-state index in [-0.39, 0.29) is 11.6 Å². The van der Waals surface area contributed by atoms with E-state index in [2.05, 4.69) is 35.0 Å². The molecule has 0 radical (unpaired) electrons. The van der Waals surface area contributed by atoms with Gasteiger partial charge < -0.3 is 10.5 Å². The molecule has 1 aromatic carbocycles. The fourth-order valence-electron chi connectivity index (χ4n) is 3.03. The molecule has 2 aliphatic heterocycles. The molecule has 0 amide bonds. The van der Waals surface area contributed by atoms with Crippen molar-refractivity contribution < 1.29 is 4.74 Å². The van der Waals surface area contributed by atoms with E-state index >= 15 is 0 Å². The van der Waals surface area contributed by atoms with Crippen molar-refractivity contribution in [3.8, 4) is 5.75 Å². The molecule has 3 rings (SSSR count). The Kier molecular flexibility index (Phi) is 3.37. The van der Waals surface area contributed by atoms with Gasteiger partial charge in [0, 0.05) is 27.7 Å². The minimum absolute atomic E-state index is 0.0594. The van der Waals surface area contributed by atoms with Crippen LogP contribution in [0.3, 0.4) is 0 Å². The number of hydrogen-bond donors (Lipinski definition) is 1. The number of rotatable bonds is 0. The van der Waals surface area contributed by atoms with Crippen LogP contribution in [-0.2, 0) is 0 Å². The molecule has 1 fully saturated rings. The molecule has 0 saturated carbocycles. The van der Waals surface area contributed by atoms with E-state index in [1.54, 1.807) is 0 Å². The maximum absolute atomic E-state index is 6.39. The second kappa shape index (κ2) is 4.73. The van der Waals surface area contributed by atoms with Crippen molar-refractivity contribution in [1.82, 2.24) is 0 Å². The van der Waals surface area contributed by atoms with Crippen molar-refractivity contribution in [1.29, 1.82) is 0 Å². The van der Waals surface area contributed by atoms with Crippen LogP contribution in [-0.4, -0.2) is 16.6 Å².